The molecule has 0 fully saturated rings. The largest absolute Gasteiger partial charge is 0.439 e. The molecule has 1 heterocycles. The molecule has 0 atom stereocenters. The van der Waals surface area contributed by atoms with Crippen molar-refractivity contribution in [3.05, 3.63) is 56.2 Å². The Labute approximate surface area is 173 Å². The molecule has 150 valence electrons. The van der Waals surface area contributed by atoms with E-state index < -0.39 is 39.6 Å². The molecule has 0 bridgehead atoms. The van der Waals surface area contributed by atoms with E-state index in [0.717, 1.165) is 4.31 Å². The molecule has 0 aliphatic carbocycles. The third kappa shape index (κ3) is 3.82. The summed E-state index contributed by atoms with van der Waals surface area (Å²) in [7, 11) is -1.55. The lowest BCUT2D eigenvalue weighted by atomic mass is 10.0. The lowest BCUT2D eigenvalue weighted by molar-refractivity contribution is 0.505. The van der Waals surface area contributed by atoms with Crippen molar-refractivity contribution >= 4 is 49.6 Å². The van der Waals surface area contributed by atoms with Gasteiger partial charge in [-0.05, 0) is 40.3 Å². The van der Waals surface area contributed by atoms with Crippen LogP contribution in [0.25, 0.3) is 11.1 Å². The van der Waals surface area contributed by atoms with Crippen LogP contribution in [0.4, 0.5) is 18.9 Å². The summed E-state index contributed by atoms with van der Waals surface area (Å²) in [5.41, 5.74) is -1.34. The number of aryl methyl sites for hydroxylation is 1. The van der Waals surface area contributed by atoms with Gasteiger partial charge >= 0.3 is 10.2 Å². The third-order valence-electron chi connectivity index (χ3n) is 4.02. The van der Waals surface area contributed by atoms with Crippen LogP contribution in [-0.2, 0) is 16.6 Å². The van der Waals surface area contributed by atoms with Gasteiger partial charge in [0.15, 0.2) is 28.6 Å². The molecule has 0 saturated carbocycles. The molecule has 0 unspecified atom stereocenters. The maximum absolute atomic E-state index is 14.8. The lowest BCUT2D eigenvalue weighted by Gasteiger charge is -2.17. The minimum atomic E-state index is -4.08. The van der Waals surface area contributed by atoms with Crippen LogP contribution in [-0.4, -0.2) is 31.8 Å². The van der Waals surface area contributed by atoms with Crippen LogP contribution in [0.15, 0.2) is 22.6 Å². The third-order valence-corrected chi connectivity index (χ3v) is 6.12. The fourth-order valence-electron chi connectivity index (χ4n) is 2.58. The fraction of sp³-hybridized carbons (Fsp3) is 0.235. The van der Waals surface area contributed by atoms with Crippen LogP contribution < -0.4 is 4.72 Å². The first kappa shape index (κ1) is 20.9. The first-order valence-corrected chi connectivity index (χ1v) is 10.4. The number of aromatic nitrogens is 1. The van der Waals surface area contributed by atoms with Gasteiger partial charge in [-0.3, -0.25) is 4.72 Å². The highest BCUT2D eigenvalue weighted by molar-refractivity contribution is 14.1. The molecule has 28 heavy (non-hydrogen) atoms. The number of halogens is 4. The van der Waals surface area contributed by atoms with Crippen LogP contribution in [0.2, 0.25) is 0 Å². The van der Waals surface area contributed by atoms with Gasteiger partial charge in [-0.2, -0.15) is 12.7 Å². The quantitative estimate of drug-likeness (QED) is 0.512. The number of nitrogens with zero attached hydrogens (tertiary/aromatic N) is 2. The monoisotopic (exact) mass is 525 g/mol. The van der Waals surface area contributed by atoms with Crippen molar-refractivity contribution in [1.29, 1.82) is 0 Å². The van der Waals surface area contributed by atoms with E-state index in [0.29, 0.717) is 3.57 Å². The Morgan fingerprint density at radius 3 is 2.50 bits per heavy atom. The van der Waals surface area contributed by atoms with Crippen molar-refractivity contribution in [3.63, 3.8) is 0 Å². The number of hydrogen-bond donors (Lipinski definition) is 1. The predicted octanol–water partition coefficient (Wildman–Crippen LogP) is 3.97. The Kier molecular flexibility index (Phi) is 5.60. The Bertz CT molecular complexity index is 1180. The van der Waals surface area contributed by atoms with Gasteiger partial charge in [-0.15, -0.1) is 0 Å². The van der Waals surface area contributed by atoms with E-state index >= 15 is 0 Å². The number of anilines is 1. The van der Waals surface area contributed by atoms with Gasteiger partial charge in [-0.1, -0.05) is 6.07 Å². The van der Waals surface area contributed by atoms with E-state index in [2.05, 4.69) is 9.71 Å². The summed E-state index contributed by atoms with van der Waals surface area (Å²) in [6, 6.07) is 4.27. The molecule has 0 radical (unpaired) electrons. The zero-order chi connectivity index (χ0) is 20.8. The Hall–Kier alpha value is -1.86. The normalized spacial score (nSPS) is 12.1. The van der Waals surface area contributed by atoms with E-state index in [-0.39, 0.29) is 28.3 Å². The van der Waals surface area contributed by atoms with Crippen LogP contribution in [0.3, 0.4) is 0 Å². The van der Waals surface area contributed by atoms with Gasteiger partial charge in [-0.25, -0.2) is 18.2 Å². The molecule has 1 N–H and O–H groups in total. The second-order valence-corrected chi connectivity index (χ2v) is 9.32. The molecule has 0 saturated heterocycles. The zero-order valence-electron chi connectivity index (χ0n) is 15.0. The zero-order valence-corrected chi connectivity index (χ0v) is 18.0. The number of fused-ring (bicyclic) bond motifs is 1. The first-order valence-electron chi connectivity index (χ1n) is 7.92. The van der Waals surface area contributed by atoms with Crippen LogP contribution in [0.1, 0.15) is 17.0 Å². The van der Waals surface area contributed by atoms with E-state index in [1.807, 2.05) is 22.6 Å². The maximum Gasteiger partial charge on any atom is 0.301 e. The molecule has 3 rings (SSSR count). The molecule has 11 heteroatoms. The average Bonchev–Trinajstić information content (AvgIpc) is 2.99. The Balaban J connectivity index is 2.27. The van der Waals surface area contributed by atoms with Gasteiger partial charge in [0.25, 0.3) is 0 Å². The van der Waals surface area contributed by atoms with Gasteiger partial charge in [0, 0.05) is 36.6 Å². The summed E-state index contributed by atoms with van der Waals surface area (Å²) >= 11 is 1.92. The topological polar surface area (TPSA) is 75.4 Å². The van der Waals surface area contributed by atoms with Crippen molar-refractivity contribution in [2.45, 2.75) is 13.3 Å². The maximum atomic E-state index is 14.8. The van der Waals surface area contributed by atoms with E-state index in [4.69, 9.17) is 4.42 Å². The van der Waals surface area contributed by atoms with E-state index in [9.17, 15) is 21.6 Å². The molecule has 2 aromatic carbocycles. The highest BCUT2D eigenvalue weighted by atomic mass is 127. The predicted molar refractivity (Wildman–Crippen MR) is 107 cm³/mol. The average molecular weight is 525 g/mol. The summed E-state index contributed by atoms with van der Waals surface area (Å²) in [5.74, 6) is -3.21. The molecular weight excluding hydrogens is 510 g/mol. The summed E-state index contributed by atoms with van der Waals surface area (Å²) in [6.45, 7) is 1.42. The van der Waals surface area contributed by atoms with Gasteiger partial charge in [0.2, 0.25) is 0 Å². The Morgan fingerprint density at radius 2 is 1.89 bits per heavy atom. The lowest BCUT2D eigenvalue weighted by Crippen LogP contribution is -2.29. The first-order chi connectivity index (χ1) is 13.0. The molecule has 0 aliphatic rings. The summed E-state index contributed by atoms with van der Waals surface area (Å²) in [5, 5.41) is 0. The minimum absolute atomic E-state index is 0.0243. The molecular formula is C17H15F3IN3O3S. The molecule has 0 spiro atoms. The number of hydrogen-bond acceptors (Lipinski definition) is 4. The number of rotatable bonds is 5. The molecule has 6 nitrogen and oxygen atoms in total. The van der Waals surface area contributed by atoms with E-state index in [1.54, 1.807) is 6.07 Å². The highest BCUT2D eigenvalue weighted by Gasteiger charge is 2.28. The smallest absolute Gasteiger partial charge is 0.301 e. The van der Waals surface area contributed by atoms with Crippen LogP contribution in [0, 0.1) is 27.9 Å². The molecule has 1 aromatic heterocycles. The summed E-state index contributed by atoms with van der Waals surface area (Å²) in [4.78, 5) is 3.78. The number of benzene rings is 2. The van der Waals surface area contributed by atoms with Crippen molar-refractivity contribution in [2.24, 2.45) is 0 Å². The van der Waals surface area contributed by atoms with Crippen molar-refractivity contribution in [2.75, 3.05) is 18.8 Å². The molecule has 3 aromatic rings. The fourth-order valence-corrected chi connectivity index (χ4v) is 3.69. The summed E-state index contributed by atoms with van der Waals surface area (Å²) in [6.07, 6.45) is -0.396. The van der Waals surface area contributed by atoms with Crippen LogP contribution >= 0.6 is 22.6 Å². The van der Waals surface area contributed by atoms with Gasteiger partial charge in [0.05, 0.1) is 0 Å². The SMILES string of the molecule is Cc1nc2c(F)c(F)c(Cc3ccc(I)cc3F)c(NS(=O)(=O)N(C)C)c2o1. The van der Waals surface area contributed by atoms with Crippen LogP contribution in [0.5, 0.6) is 0 Å². The van der Waals surface area contributed by atoms with Crippen molar-refractivity contribution < 1.29 is 26.0 Å². The van der Waals surface area contributed by atoms with Gasteiger partial charge < -0.3 is 4.42 Å². The van der Waals surface area contributed by atoms with Crippen molar-refractivity contribution in [1.82, 2.24) is 9.29 Å². The Morgan fingerprint density at radius 1 is 1.21 bits per heavy atom. The number of oxazole rings is 1. The van der Waals surface area contributed by atoms with E-state index in [1.165, 1.54) is 33.2 Å². The summed E-state index contributed by atoms with van der Waals surface area (Å²) < 4.78 is 77.3. The van der Waals surface area contributed by atoms with Gasteiger partial charge in [0.1, 0.15) is 11.5 Å². The second-order valence-electron chi connectivity index (χ2n) is 6.19. The standard InChI is InChI=1S/C17H15F3IN3O3S/c1-8-22-16-14(20)13(19)11(6-9-4-5-10(21)7-12(9)18)15(17(16)27-8)23-28(25,26)24(2)3/h4-5,7,23H,6H2,1-3H3. The highest BCUT2D eigenvalue weighted by Crippen LogP contribution is 2.36. The minimum Gasteiger partial charge on any atom is -0.439 e. The molecule has 0 amide bonds. The number of nitrogens with one attached hydrogen (secondary N) is 1. The second kappa shape index (κ2) is 7.52. The van der Waals surface area contributed by atoms with Crippen molar-refractivity contribution in [3.8, 4) is 0 Å². The molecule has 0 aliphatic heterocycles.